The number of rotatable bonds is 6. The molecule has 1 rings (SSSR count). The fourth-order valence-corrected chi connectivity index (χ4v) is 2.34. The Morgan fingerprint density at radius 3 is 2.47 bits per heavy atom. The first-order valence-corrected chi connectivity index (χ1v) is 7.07. The van der Waals surface area contributed by atoms with E-state index in [1.807, 2.05) is 32.2 Å². The number of phenolic OH excluding ortho intramolecular Hbond substituents is 1. The predicted molar refractivity (Wildman–Crippen MR) is 73.5 cm³/mol. The highest BCUT2D eigenvalue weighted by atomic mass is 32.2. The molecule has 0 aliphatic carbocycles. The maximum Gasteiger partial charge on any atom is 0.115 e. The van der Waals surface area contributed by atoms with Crippen LogP contribution in [0.1, 0.15) is 25.5 Å². The molecule has 1 aromatic rings. The summed E-state index contributed by atoms with van der Waals surface area (Å²) in [6.07, 6.45) is 1.98. The molecule has 17 heavy (non-hydrogen) atoms. The summed E-state index contributed by atoms with van der Waals surface area (Å²) < 4.78 is 0. The van der Waals surface area contributed by atoms with Crippen molar-refractivity contribution in [1.82, 2.24) is 5.32 Å². The number of hydrogen-bond acceptors (Lipinski definition) is 4. The lowest BCUT2D eigenvalue weighted by Crippen LogP contribution is -2.40. The van der Waals surface area contributed by atoms with Crippen LogP contribution in [0.5, 0.6) is 5.75 Å². The molecule has 0 aromatic heterocycles. The van der Waals surface area contributed by atoms with Gasteiger partial charge in [0.25, 0.3) is 0 Å². The fourth-order valence-electron chi connectivity index (χ4n) is 1.62. The van der Waals surface area contributed by atoms with Gasteiger partial charge < -0.3 is 15.5 Å². The number of benzene rings is 1. The first kappa shape index (κ1) is 14.4. The van der Waals surface area contributed by atoms with Crippen molar-refractivity contribution >= 4 is 11.8 Å². The Kier molecular flexibility index (Phi) is 5.31. The van der Waals surface area contributed by atoms with Crippen LogP contribution < -0.4 is 5.32 Å². The summed E-state index contributed by atoms with van der Waals surface area (Å²) in [6.45, 7) is 4.43. The lowest BCUT2D eigenvalue weighted by molar-refractivity contribution is 0.0821. The third-order valence-electron chi connectivity index (χ3n) is 2.64. The van der Waals surface area contributed by atoms with Gasteiger partial charge in [-0.25, -0.2) is 0 Å². The molecule has 2 atom stereocenters. The molecule has 0 saturated carbocycles. The van der Waals surface area contributed by atoms with E-state index >= 15 is 0 Å². The van der Waals surface area contributed by atoms with Gasteiger partial charge in [0.2, 0.25) is 0 Å². The first-order chi connectivity index (χ1) is 7.94. The maximum atomic E-state index is 10.0. The van der Waals surface area contributed by atoms with Gasteiger partial charge >= 0.3 is 0 Å². The van der Waals surface area contributed by atoms with Crippen LogP contribution in [0.25, 0.3) is 0 Å². The molecule has 0 bridgehead atoms. The molecule has 4 heteroatoms. The van der Waals surface area contributed by atoms with E-state index in [0.717, 1.165) is 5.56 Å². The summed E-state index contributed by atoms with van der Waals surface area (Å²) in [7, 11) is 0. The zero-order valence-electron chi connectivity index (χ0n) is 10.6. The Labute approximate surface area is 107 Å². The summed E-state index contributed by atoms with van der Waals surface area (Å²) in [5, 5.41) is 22.5. The van der Waals surface area contributed by atoms with Gasteiger partial charge in [-0.05, 0) is 37.8 Å². The molecule has 0 aliphatic heterocycles. The minimum atomic E-state index is -0.690. The number of thioether (sulfide) groups is 1. The van der Waals surface area contributed by atoms with Crippen LogP contribution in [0.2, 0.25) is 0 Å². The van der Waals surface area contributed by atoms with E-state index < -0.39 is 5.60 Å². The summed E-state index contributed by atoms with van der Waals surface area (Å²) in [6, 6.07) is 7.28. The number of hydrogen-bond donors (Lipinski definition) is 3. The van der Waals surface area contributed by atoms with Gasteiger partial charge in [0, 0.05) is 18.3 Å². The van der Waals surface area contributed by atoms with Gasteiger partial charge in [-0.15, -0.1) is 0 Å². The molecule has 0 spiro atoms. The average Bonchev–Trinajstić information content (AvgIpc) is 2.27. The molecule has 0 radical (unpaired) electrons. The van der Waals surface area contributed by atoms with E-state index in [-0.39, 0.29) is 11.8 Å². The lowest BCUT2D eigenvalue weighted by atomic mass is 10.1. The number of phenols is 1. The second kappa shape index (κ2) is 6.28. The van der Waals surface area contributed by atoms with Gasteiger partial charge in [0.1, 0.15) is 5.75 Å². The van der Waals surface area contributed by atoms with Crippen molar-refractivity contribution in [2.75, 3.05) is 18.6 Å². The van der Waals surface area contributed by atoms with Crippen molar-refractivity contribution in [1.29, 1.82) is 0 Å². The topological polar surface area (TPSA) is 52.5 Å². The van der Waals surface area contributed by atoms with Crippen LogP contribution >= 0.6 is 11.8 Å². The molecule has 0 amide bonds. The third-order valence-corrected chi connectivity index (χ3v) is 3.55. The summed E-state index contributed by atoms with van der Waals surface area (Å²) in [4.78, 5) is 0. The van der Waals surface area contributed by atoms with Crippen molar-refractivity contribution in [2.24, 2.45) is 0 Å². The van der Waals surface area contributed by atoms with Crippen LogP contribution in [0.4, 0.5) is 0 Å². The Balaban J connectivity index is 2.49. The molecule has 3 N–H and O–H groups in total. The number of aromatic hydroxyl groups is 1. The summed E-state index contributed by atoms with van der Waals surface area (Å²) in [5.41, 5.74) is 0.410. The minimum absolute atomic E-state index is 0.156. The van der Waals surface area contributed by atoms with E-state index in [2.05, 4.69) is 5.32 Å². The smallest absolute Gasteiger partial charge is 0.115 e. The molecular formula is C13H21NO2S. The molecule has 0 aliphatic rings. The number of nitrogens with one attached hydrogen (secondary N) is 1. The molecule has 0 heterocycles. The fraction of sp³-hybridized carbons (Fsp3) is 0.538. The second-order valence-corrected chi connectivity index (χ2v) is 5.49. The normalized spacial score (nSPS) is 16.5. The van der Waals surface area contributed by atoms with Gasteiger partial charge in [-0.1, -0.05) is 12.1 Å². The van der Waals surface area contributed by atoms with E-state index in [1.54, 1.807) is 23.9 Å². The van der Waals surface area contributed by atoms with Gasteiger partial charge in [0.15, 0.2) is 0 Å². The second-order valence-electron chi connectivity index (χ2n) is 4.62. The largest absolute Gasteiger partial charge is 0.508 e. The van der Waals surface area contributed by atoms with Crippen molar-refractivity contribution in [3.05, 3.63) is 29.8 Å². The van der Waals surface area contributed by atoms with Crippen molar-refractivity contribution < 1.29 is 10.2 Å². The molecule has 1 aromatic carbocycles. The Morgan fingerprint density at radius 1 is 1.35 bits per heavy atom. The Bertz CT molecular complexity index is 338. The van der Waals surface area contributed by atoms with Gasteiger partial charge in [0.05, 0.1) is 5.60 Å². The van der Waals surface area contributed by atoms with Crippen LogP contribution in [-0.4, -0.2) is 34.4 Å². The highest BCUT2D eigenvalue weighted by Gasteiger charge is 2.20. The number of aliphatic hydroxyl groups is 1. The Hall–Kier alpha value is -0.710. The summed E-state index contributed by atoms with van der Waals surface area (Å²) in [5.74, 6) is 0.984. The van der Waals surface area contributed by atoms with Crippen LogP contribution in [0.3, 0.4) is 0 Å². The van der Waals surface area contributed by atoms with Crippen LogP contribution in [0, 0.1) is 0 Å². The van der Waals surface area contributed by atoms with Gasteiger partial charge in [-0.3, -0.25) is 0 Å². The highest BCUT2D eigenvalue weighted by Crippen LogP contribution is 2.17. The first-order valence-electron chi connectivity index (χ1n) is 5.68. The quantitative estimate of drug-likeness (QED) is 0.729. The van der Waals surface area contributed by atoms with E-state index in [1.165, 1.54) is 0 Å². The third kappa shape index (κ3) is 4.98. The molecule has 3 nitrogen and oxygen atoms in total. The molecule has 96 valence electrons. The van der Waals surface area contributed by atoms with E-state index in [9.17, 15) is 10.2 Å². The SMILES string of the molecule is CSCC(C)(O)CNC(C)c1ccc(O)cc1. The highest BCUT2D eigenvalue weighted by molar-refractivity contribution is 7.98. The van der Waals surface area contributed by atoms with E-state index in [0.29, 0.717) is 12.3 Å². The lowest BCUT2D eigenvalue weighted by Gasteiger charge is -2.25. The van der Waals surface area contributed by atoms with Crippen LogP contribution in [-0.2, 0) is 0 Å². The van der Waals surface area contributed by atoms with Crippen LogP contribution in [0.15, 0.2) is 24.3 Å². The minimum Gasteiger partial charge on any atom is -0.508 e. The molecule has 0 fully saturated rings. The van der Waals surface area contributed by atoms with Gasteiger partial charge in [-0.2, -0.15) is 11.8 Å². The van der Waals surface area contributed by atoms with Crippen molar-refractivity contribution in [2.45, 2.75) is 25.5 Å². The summed E-state index contributed by atoms with van der Waals surface area (Å²) >= 11 is 1.63. The van der Waals surface area contributed by atoms with Crippen molar-refractivity contribution in [3.63, 3.8) is 0 Å². The Morgan fingerprint density at radius 2 is 1.94 bits per heavy atom. The monoisotopic (exact) mass is 255 g/mol. The predicted octanol–water partition coefficient (Wildman–Crippen LogP) is 2.16. The molecule has 0 saturated heterocycles. The molecule has 2 unspecified atom stereocenters. The zero-order valence-corrected chi connectivity index (χ0v) is 11.4. The zero-order chi connectivity index (χ0) is 12.9. The van der Waals surface area contributed by atoms with E-state index in [4.69, 9.17) is 0 Å². The average molecular weight is 255 g/mol. The standard InChI is InChI=1S/C13H21NO2S/c1-10(11-4-6-12(15)7-5-11)14-8-13(2,16)9-17-3/h4-7,10,14-16H,8-9H2,1-3H3. The van der Waals surface area contributed by atoms with Crippen molar-refractivity contribution in [3.8, 4) is 5.75 Å². The maximum absolute atomic E-state index is 10.0. The molecular weight excluding hydrogens is 234 g/mol.